The van der Waals surface area contributed by atoms with Gasteiger partial charge in [-0.2, -0.15) is 0 Å². The van der Waals surface area contributed by atoms with Crippen LogP contribution in [0.2, 0.25) is 0 Å². The van der Waals surface area contributed by atoms with Gasteiger partial charge in [0.1, 0.15) is 5.82 Å². The Morgan fingerprint density at radius 1 is 1.22 bits per heavy atom. The Morgan fingerprint density at radius 3 is 2.61 bits per heavy atom. The third kappa shape index (κ3) is 2.43. The summed E-state index contributed by atoms with van der Waals surface area (Å²) in [6, 6.07) is 9.37. The summed E-state index contributed by atoms with van der Waals surface area (Å²) in [4.78, 5) is 12.3. The van der Waals surface area contributed by atoms with Crippen LogP contribution in [0.15, 0.2) is 40.9 Å². The van der Waals surface area contributed by atoms with Crippen molar-refractivity contribution in [1.29, 1.82) is 0 Å². The van der Waals surface area contributed by atoms with Gasteiger partial charge in [0.15, 0.2) is 5.78 Å². The third-order valence-corrected chi connectivity index (χ3v) is 3.30. The second-order valence-electron chi connectivity index (χ2n) is 4.03. The van der Waals surface area contributed by atoms with Gasteiger partial charge < -0.3 is 5.73 Å². The van der Waals surface area contributed by atoms with Crippen molar-refractivity contribution in [1.82, 2.24) is 0 Å². The molecule has 0 heterocycles. The largest absolute Gasteiger partial charge is 0.399 e. The standard InChI is InChI=1S/C14H11BrFNO/c1-8-2-4-10(17)7-11(8)14(18)9-3-5-13(16)12(15)6-9/h2-7H,17H2,1H3. The van der Waals surface area contributed by atoms with E-state index in [0.717, 1.165) is 5.56 Å². The lowest BCUT2D eigenvalue weighted by molar-refractivity contribution is 0.103. The van der Waals surface area contributed by atoms with Crippen LogP contribution < -0.4 is 5.73 Å². The molecule has 0 fully saturated rings. The van der Waals surface area contributed by atoms with Crippen molar-refractivity contribution in [3.63, 3.8) is 0 Å². The second-order valence-corrected chi connectivity index (χ2v) is 4.89. The first kappa shape index (κ1) is 12.8. The molecule has 0 aliphatic rings. The Labute approximate surface area is 113 Å². The number of rotatable bonds is 2. The number of halogens is 2. The Balaban J connectivity index is 2.47. The molecule has 2 aromatic rings. The SMILES string of the molecule is Cc1ccc(N)cc1C(=O)c1ccc(F)c(Br)c1. The second kappa shape index (κ2) is 4.90. The van der Waals surface area contributed by atoms with E-state index >= 15 is 0 Å². The number of aryl methyl sites for hydroxylation is 1. The molecule has 0 saturated heterocycles. The van der Waals surface area contributed by atoms with Crippen LogP contribution in [-0.4, -0.2) is 5.78 Å². The van der Waals surface area contributed by atoms with Crippen molar-refractivity contribution < 1.29 is 9.18 Å². The van der Waals surface area contributed by atoms with E-state index in [1.165, 1.54) is 18.2 Å². The monoisotopic (exact) mass is 307 g/mol. The van der Waals surface area contributed by atoms with E-state index in [0.29, 0.717) is 16.8 Å². The first-order valence-electron chi connectivity index (χ1n) is 5.35. The fraction of sp³-hybridized carbons (Fsp3) is 0.0714. The average molecular weight is 308 g/mol. The molecule has 0 aliphatic carbocycles. The maximum atomic E-state index is 13.1. The molecule has 92 valence electrons. The van der Waals surface area contributed by atoms with Gasteiger partial charge in [-0.15, -0.1) is 0 Å². The molecule has 4 heteroatoms. The molecule has 2 rings (SSSR count). The maximum Gasteiger partial charge on any atom is 0.193 e. The minimum absolute atomic E-state index is 0.166. The van der Waals surface area contributed by atoms with Crippen LogP contribution in [0.1, 0.15) is 21.5 Å². The Hall–Kier alpha value is -1.68. The number of nitrogen functional groups attached to an aromatic ring is 1. The van der Waals surface area contributed by atoms with Gasteiger partial charge in [0.2, 0.25) is 0 Å². The number of benzene rings is 2. The van der Waals surface area contributed by atoms with Crippen molar-refractivity contribution >= 4 is 27.4 Å². The van der Waals surface area contributed by atoms with E-state index in [4.69, 9.17) is 5.73 Å². The zero-order valence-corrected chi connectivity index (χ0v) is 11.3. The molecule has 0 aromatic heterocycles. The molecule has 2 aromatic carbocycles. The van der Waals surface area contributed by atoms with E-state index in [-0.39, 0.29) is 10.3 Å². The van der Waals surface area contributed by atoms with E-state index < -0.39 is 5.82 Å². The van der Waals surface area contributed by atoms with Crippen molar-refractivity contribution in [2.75, 3.05) is 5.73 Å². The summed E-state index contributed by atoms with van der Waals surface area (Å²) in [5.41, 5.74) is 8.01. The quantitative estimate of drug-likeness (QED) is 0.679. The lowest BCUT2D eigenvalue weighted by Gasteiger charge is -2.07. The van der Waals surface area contributed by atoms with Gasteiger partial charge in [0, 0.05) is 16.8 Å². The summed E-state index contributed by atoms with van der Waals surface area (Å²) in [6.07, 6.45) is 0. The fourth-order valence-corrected chi connectivity index (χ4v) is 2.06. The zero-order valence-electron chi connectivity index (χ0n) is 9.71. The first-order chi connectivity index (χ1) is 8.49. The Bertz CT molecular complexity index is 625. The van der Waals surface area contributed by atoms with Crippen LogP contribution in [0.25, 0.3) is 0 Å². The van der Waals surface area contributed by atoms with Gasteiger partial charge in [0.05, 0.1) is 4.47 Å². The maximum absolute atomic E-state index is 13.1. The predicted molar refractivity (Wildman–Crippen MR) is 73.1 cm³/mol. The zero-order chi connectivity index (χ0) is 13.3. The minimum Gasteiger partial charge on any atom is -0.399 e. The number of carbonyl (C=O) groups excluding carboxylic acids is 1. The number of ketones is 1. The van der Waals surface area contributed by atoms with E-state index in [9.17, 15) is 9.18 Å². The molecule has 0 unspecified atom stereocenters. The number of hydrogen-bond donors (Lipinski definition) is 1. The first-order valence-corrected chi connectivity index (χ1v) is 6.14. The van der Waals surface area contributed by atoms with Crippen LogP contribution in [-0.2, 0) is 0 Å². The summed E-state index contributed by atoms with van der Waals surface area (Å²) < 4.78 is 13.4. The molecule has 0 spiro atoms. The highest BCUT2D eigenvalue weighted by Gasteiger charge is 2.13. The number of anilines is 1. The molecular weight excluding hydrogens is 297 g/mol. The van der Waals surface area contributed by atoms with Crippen LogP contribution in [0, 0.1) is 12.7 Å². The number of carbonyl (C=O) groups is 1. The normalized spacial score (nSPS) is 10.4. The predicted octanol–water partition coefficient (Wildman–Crippen LogP) is 3.71. The van der Waals surface area contributed by atoms with Gasteiger partial charge in [-0.1, -0.05) is 6.07 Å². The summed E-state index contributed by atoms with van der Waals surface area (Å²) in [5, 5.41) is 0. The molecule has 0 atom stereocenters. The van der Waals surface area contributed by atoms with Crippen molar-refractivity contribution in [3.8, 4) is 0 Å². The van der Waals surface area contributed by atoms with E-state index in [1.54, 1.807) is 18.2 Å². The third-order valence-electron chi connectivity index (χ3n) is 2.69. The van der Waals surface area contributed by atoms with Crippen molar-refractivity contribution in [3.05, 3.63) is 63.4 Å². The van der Waals surface area contributed by atoms with E-state index in [1.807, 2.05) is 6.92 Å². The molecule has 0 saturated carbocycles. The lowest BCUT2D eigenvalue weighted by Crippen LogP contribution is -2.05. The molecule has 0 bridgehead atoms. The van der Waals surface area contributed by atoms with Crippen LogP contribution in [0.3, 0.4) is 0 Å². The molecule has 2 N–H and O–H groups in total. The van der Waals surface area contributed by atoms with Crippen LogP contribution >= 0.6 is 15.9 Å². The van der Waals surface area contributed by atoms with Gasteiger partial charge in [-0.05, 0) is 58.7 Å². The minimum atomic E-state index is -0.393. The van der Waals surface area contributed by atoms with E-state index in [2.05, 4.69) is 15.9 Å². The van der Waals surface area contributed by atoms with Gasteiger partial charge >= 0.3 is 0 Å². The average Bonchev–Trinajstić information content (AvgIpc) is 2.35. The van der Waals surface area contributed by atoms with Gasteiger partial charge in [0.25, 0.3) is 0 Å². The Kier molecular flexibility index (Phi) is 3.48. The van der Waals surface area contributed by atoms with Crippen LogP contribution in [0.4, 0.5) is 10.1 Å². The molecule has 0 radical (unpaired) electrons. The highest BCUT2D eigenvalue weighted by atomic mass is 79.9. The summed E-state index contributed by atoms with van der Waals surface area (Å²) in [5.74, 6) is -0.559. The summed E-state index contributed by atoms with van der Waals surface area (Å²) in [7, 11) is 0. The van der Waals surface area contributed by atoms with Crippen molar-refractivity contribution in [2.24, 2.45) is 0 Å². The number of hydrogen-bond acceptors (Lipinski definition) is 2. The smallest absolute Gasteiger partial charge is 0.193 e. The highest BCUT2D eigenvalue weighted by Crippen LogP contribution is 2.21. The van der Waals surface area contributed by atoms with Gasteiger partial charge in [-0.3, -0.25) is 4.79 Å². The summed E-state index contributed by atoms with van der Waals surface area (Å²) in [6.45, 7) is 1.84. The molecule has 18 heavy (non-hydrogen) atoms. The Morgan fingerprint density at radius 2 is 1.94 bits per heavy atom. The fourth-order valence-electron chi connectivity index (χ4n) is 1.68. The molecular formula is C14H11BrFNO. The molecule has 0 aliphatic heterocycles. The molecule has 2 nitrogen and oxygen atoms in total. The summed E-state index contributed by atoms with van der Waals surface area (Å²) >= 11 is 3.07. The lowest BCUT2D eigenvalue weighted by atomic mass is 9.98. The van der Waals surface area contributed by atoms with Crippen molar-refractivity contribution in [2.45, 2.75) is 6.92 Å². The van der Waals surface area contributed by atoms with Crippen LogP contribution in [0.5, 0.6) is 0 Å². The molecule has 0 amide bonds. The highest BCUT2D eigenvalue weighted by molar-refractivity contribution is 9.10. The topological polar surface area (TPSA) is 43.1 Å². The van der Waals surface area contributed by atoms with Gasteiger partial charge in [-0.25, -0.2) is 4.39 Å². The number of nitrogens with two attached hydrogens (primary N) is 1.